The third kappa shape index (κ3) is 3.04. The van der Waals surface area contributed by atoms with E-state index in [0.717, 1.165) is 0 Å². The zero-order valence-corrected chi connectivity index (χ0v) is 11.2. The molecule has 5 heteroatoms. The Balaban J connectivity index is 2.25. The molecule has 0 saturated carbocycles. The van der Waals surface area contributed by atoms with E-state index in [2.05, 4.69) is 17.2 Å². The predicted octanol–water partition coefficient (Wildman–Crippen LogP) is 2.22. The van der Waals surface area contributed by atoms with Crippen LogP contribution in [-0.2, 0) is 0 Å². The largest absolute Gasteiger partial charge is 0.384 e. The molecule has 0 fully saturated rings. The van der Waals surface area contributed by atoms with Crippen LogP contribution in [0.4, 0.5) is 5.69 Å². The number of para-hydroxylation sites is 1. The molecule has 1 heterocycles. The first-order valence-electron chi connectivity index (χ1n) is 5.74. The summed E-state index contributed by atoms with van der Waals surface area (Å²) >= 11 is 1.26. The van der Waals surface area contributed by atoms with Gasteiger partial charge in [0, 0.05) is 5.56 Å². The van der Waals surface area contributed by atoms with Crippen LogP contribution in [0.1, 0.15) is 20.8 Å². The molecule has 2 aromatic rings. The van der Waals surface area contributed by atoms with Gasteiger partial charge in [-0.1, -0.05) is 24.0 Å². The van der Waals surface area contributed by atoms with Crippen molar-refractivity contribution in [3.05, 3.63) is 51.7 Å². The minimum absolute atomic E-state index is 0.256. The molecule has 0 aliphatic rings. The highest BCUT2D eigenvalue weighted by Gasteiger charge is 2.13. The molecule has 0 aliphatic heterocycles. The number of nitriles is 1. The van der Waals surface area contributed by atoms with Crippen LogP contribution in [0.2, 0.25) is 0 Å². The van der Waals surface area contributed by atoms with Crippen LogP contribution in [0.5, 0.6) is 0 Å². The van der Waals surface area contributed by atoms with Crippen LogP contribution in [0.3, 0.4) is 0 Å². The summed E-state index contributed by atoms with van der Waals surface area (Å²) in [5, 5.41) is 22.1. The average molecular weight is 282 g/mol. The zero-order chi connectivity index (χ0) is 14.4. The Kier molecular flexibility index (Phi) is 4.52. The third-order valence-electron chi connectivity index (χ3n) is 2.47. The molecule has 0 spiro atoms. The van der Waals surface area contributed by atoms with Gasteiger partial charge in [-0.15, -0.1) is 11.3 Å². The fourth-order valence-electron chi connectivity index (χ4n) is 1.59. The summed E-state index contributed by atoms with van der Waals surface area (Å²) in [6.45, 7) is -0.256. The molecule has 1 aromatic carbocycles. The van der Waals surface area contributed by atoms with E-state index in [9.17, 15) is 4.79 Å². The second-order valence-electron chi connectivity index (χ2n) is 3.73. The minimum Gasteiger partial charge on any atom is -0.384 e. The molecule has 1 amide bonds. The quantitative estimate of drug-likeness (QED) is 0.829. The van der Waals surface area contributed by atoms with Crippen LogP contribution < -0.4 is 5.32 Å². The highest BCUT2D eigenvalue weighted by atomic mass is 32.1. The number of aliphatic hydroxyl groups is 1. The Morgan fingerprint density at radius 1 is 1.30 bits per heavy atom. The summed E-state index contributed by atoms with van der Waals surface area (Å²) in [5.41, 5.74) is 1.44. The smallest absolute Gasteiger partial charge is 0.267 e. The van der Waals surface area contributed by atoms with Gasteiger partial charge in [0.15, 0.2) is 0 Å². The lowest BCUT2D eigenvalue weighted by atomic mass is 10.2. The number of thiophene rings is 1. The molecule has 0 bridgehead atoms. The summed E-state index contributed by atoms with van der Waals surface area (Å²) in [4.78, 5) is 12.6. The Bertz CT molecular complexity index is 732. The Hall–Kier alpha value is -2.60. The first kappa shape index (κ1) is 13.8. The third-order valence-corrected chi connectivity index (χ3v) is 3.38. The summed E-state index contributed by atoms with van der Waals surface area (Å²) in [6, 6.07) is 10.5. The van der Waals surface area contributed by atoms with E-state index < -0.39 is 0 Å². The van der Waals surface area contributed by atoms with Gasteiger partial charge in [0.1, 0.15) is 17.6 Å². The van der Waals surface area contributed by atoms with Crippen molar-refractivity contribution in [1.82, 2.24) is 0 Å². The maximum absolute atomic E-state index is 12.2. The van der Waals surface area contributed by atoms with E-state index >= 15 is 0 Å². The second kappa shape index (κ2) is 6.53. The monoisotopic (exact) mass is 282 g/mol. The average Bonchev–Trinajstić information content (AvgIpc) is 2.94. The van der Waals surface area contributed by atoms with Gasteiger partial charge in [-0.2, -0.15) is 5.26 Å². The van der Waals surface area contributed by atoms with Gasteiger partial charge in [0.05, 0.1) is 11.3 Å². The van der Waals surface area contributed by atoms with E-state index in [0.29, 0.717) is 21.7 Å². The number of aliphatic hydroxyl groups excluding tert-OH is 1. The van der Waals surface area contributed by atoms with Crippen LogP contribution in [-0.4, -0.2) is 17.6 Å². The van der Waals surface area contributed by atoms with Crippen LogP contribution >= 0.6 is 11.3 Å². The van der Waals surface area contributed by atoms with Crippen LogP contribution in [0.25, 0.3) is 0 Å². The molecular weight excluding hydrogens is 272 g/mol. The highest BCUT2D eigenvalue weighted by Crippen LogP contribution is 2.20. The molecule has 20 heavy (non-hydrogen) atoms. The number of carbonyl (C=O) groups is 1. The lowest BCUT2D eigenvalue weighted by Gasteiger charge is -2.05. The van der Waals surface area contributed by atoms with Gasteiger partial charge in [0.2, 0.25) is 0 Å². The number of anilines is 1. The molecular formula is C15H10N2O2S. The van der Waals surface area contributed by atoms with Gasteiger partial charge < -0.3 is 10.4 Å². The van der Waals surface area contributed by atoms with Crippen molar-refractivity contribution in [1.29, 1.82) is 5.26 Å². The van der Waals surface area contributed by atoms with Crippen molar-refractivity contribution in [3.8, 4) is 17.9 Å². The van der Waals surface area contributed by atoms with Crippen molar-refractivity contribution in [3.63, 3.8) is 0 Å². The van der Waals surface area contributed by atoms with E-state index in [1.165, 1.54) is 11.3 Å². The van der Waals surface area contributed by atoms with Crippen molar-refractivity contribution >= 4 is 22.9 Å². The van der Waals surface area contributed by atoms with Gasteiger partial charge in [-0.3, -0.25) is 4.79 Å². The van der Waals surface area contributed by atoms with Gasteiger partial charge >= 0.3 is 0 Å². The fourth-order valence-corrected chi connectivity index (χ4v) is 2.33. The second-order valence-corrected chi connectivity index (χ2v) is 4.65. The molecule has 0 unspecified atom stereocenters. The molecule has 0 aliphatic carbocycles. The van der Waals surface area contributed by atoms with E-state index in [4.69, 9.17) is 10.4 Å². The molecule has 0 radical (unpaired) electrons. The lowest BCUT2D eigenvalue weighted by molar-refractivity contribution is 0.103. The van der Waals surface area contributed by atoms with E-state index in [1.54, 1.807) is 35.7 Å². The number of hydrogen-bond donors (Lipinski definition) is 2. The number of nitrogens with zero attached hydrogens (tertiary/aromatic N) is 1. The maximum atomic E-state index is 12.2. The van der Waals surface area contributed by atoms with Crippen molar-refractivity contribution in [2.75, 3.05) is 11.9 Å². The van der Waals surface area contributed by atoms with Gasteiger partial charge in [0.25, 0.3) is 5.91 Å². The van der Waals surface area contributed by atoms with Crippen molar-refractivity contribution < 1.29 is 9.90 Å². The van der Waals surface area contributed by atoms with Crippen molar-refractivity contribution in [2.24, 2.45) is 0 Å². The molecule has 2 N–H and O–H groups in total. The topological polar surface area (TPSA) is 73.1 Å². The summed E-state index contributed by atoms with van der Waals surface area (Å²) in [7, 11) is 0. The Morgan fingerprint density at radius 3 is 2.85 bits per heavy atom. The first-order valence-corrected chi connectivity index (χ1v) is 6.62. The Morgan fingerprint density at radius 2 is 2.10 bits per heavy atom. The lowest BCUT2D eigenvalue weighted by Crippen LogP contribution is -2.12. The number of rotatable bonds is 2. The summed E-state index contributed by atoms with van der Waals surface area (Å²) < 4.78 is 0. The molecule has 1 aromatic heterocycles. The minimum atomic E-state index is -0.315. The molecule has 0 atom stereocenters. The summed E-state index contributed by atoms with van der Waals surface area (Å²) in [5.74, 6) is 4.92. The zero-order valence-electron chi connectivity index (χ0n) is 10.4. The SMILES string of the molecule is N#Cc1ccccc1NC(=O)c1sccc1C#CCO. The number of amides is 1. The first-order chi connectivity index (χ1) is 9.76. The highest BCUT2D eigenvalue weighted by molar-refractivity contribution is 7.12. The molecule has 0 saturated heterocycles. The number of hydrogen-bond acceptors (Lipinski definition) is 4. The maximum Gasteiger partial charge on any atom is 0.267 e. The van der Waals surface area contributed by atoms with Crippen molar-refractivity contribution in [2.45, 2.75) is 0 Å². The molecule has 2 rings (SSSR count). The number of benzene rings is 1. The fraction of sp³-hybridized carbons (Fsp3) is 0.0667. The van der Waals surface area contributed by atoms with E-state index in [-0.39, 0.29) is 12.5 Å². The number of nitrogens with one attached hydrogen (secondary N) is 1. The van der Waals surface area contributed by atoms with Crippen LogP contribution in [0, 0.1) is 23.2 Å². The van der Waals surface area contributed by atoms with Crippen LogP contribution in [0.15, 0.2) is 35.7 Å². The Labute approximate surface area is 120 Å². The predicted molar refractivity (Wildman–Crippen MR) is 77.4 cm³/mol. The number of carbonyl (C=O) groups excluding carboxylic acids is 1. The summed E-state index contributed by atoms with van der Waals surface area (Å²) in [6.07, 6.45) is 0. The van der Waals surface area contributed by atoms with Gasteiger partial charge in [-0.25, -0.2) is 0 Å². The normalized spacial score (nSPS) is 9.20. The molecule has 4 nitrogen and oxygen atoms in total. The standard InChI is InChI=1S/C15H10N2O2S/c16-10-12-4-1-2-6-13(12)17-15(19)14-11(5-3-8-18)7-9-20-14/h1-2,4,6-7,9,18H,8H2,(H,17,19). The van der Waals surface area contributed by atoms with Gasteiger partial charge in [-0.05, 0) is 23.6 Å². The molecule has 98 valence electrons. The van der Waals surface area contributed by atoms with E-state index in [1.807, 2.05) is 6.07 Å².